The number of carbonyl (C=O) groups is 1. The Hall–Kier alpha value is -1.37. The van der Waals surface area contributed by atoms with Crippen molar-refractivity contribution in [3.05, 3.63) is 22.8 Å². The number of piperidine rings is 1. The van der Waals surface area contributed by atoms with Gasteiger partial charge in [-0.2, -0.15) is 0 Å². The maximum atomic E-state index is 12.5. The second-order valence-corrected chi connectivity index (χ2v) is 6.82. The van der Waals surface area contributed by atoms with Crippen molar-refractivity contribution in [2.24, 2.45) is 0 Å². The molecule has 2 fully saturated rings. The van der Waals surface area contributed by atoms with Crippen molar-refractivity contribution in [1.82, 2.24) is 9.88 Å². The second-order valence-electron chi connectivity index (χ2n) is 6.41. The third-order valence-electron chi connectivity index (χ3n) is 4.50. The van der Waals surface area contributed by atoms with Crippen LogP contribution in [0.3, 0.4) is 0 Å². The van der Waals surface area contributed by atoms with E-state index in [-0.39, 0.29) is 5.91 Å². The summed E-state index contributed by atoms with van der Waals surface area (Å²) in [7, 11) is 0. The number of amides is 1. The highest BCUT2D eigenvalue weighted by atomic mass is 35.5. The SMILES string of the molecule is CC1(CCNc2ncc(C(=O)N3CCCCC3)cc2Cl)OCCO1. The first-order valence-electron chi connectivity index (χ1n) is 8.54. The Labute approximate surface area is 147 Å². The lowest BCUT2D eigenvalue weighted by Gasteiger charge is -2.26. The molecule has 0 spiro atoms. The van der Waals surface area contributed by atoms with E-state index in [2.05, 4.69) is 10.3 Å². The Morgan fingerprint density at radius 1 is 1.33 bits per heavy atom. The summed E-state index contributed by atoms with van der Waals surface area (Å²) in [6, 6.07) is 1.69. The molecule has 24 heavy (non-hydrogen) atoms. The molecule has 0 aromatic carbocycles. The van der Waals surface area contributed by atoms with E-state index in [4.69, 9.17) is 21.1 Å². The van der Waals surface area contributed by atoms with Crippen LogP contribution in [0.1, 0.15) is 43.0 Å². The van der Waals surface area contributed by atoms with Crippen molar-refractivity contribution in [3.8, 4) is 0 Å². The van der Waals surface area contributed by atoms with Crippen molar-refractivity contribution >= 4 is 23.3 Å². The number of nitrogens with one attached hydrogen (secondary N) is 1. The number of rotatable bonds is 5. The molecule has 2 saturated heterocycles. The predicted molar refractivity (Wildman–Crippen MR) is 92.4 cm³/mol. The van der Waals surface area contributed by atoms with Crippen LogP contribution in [0.25, 0.3) is 0 Å². The van der Waals surface area contributed by atoms with E-state index in [0.717, 1.165) is 25.9 Å². The fraction of sp³-hybridized carbons (Fsp3) is 0.647. The largest absolute Gasteiger partial charge is 0.369 e. The molecule has 0 unspecified atom stereocenters. The average Bonchev–Trinajstić information content (AvgIpc) is 3.03. The van der Waals surface area contributed by atoms with Gasteiger partial charge in [-0.25, -0.2) is 4.98 Å². The molecule has 0 aliphatic carbocycles. The Kier molecular flexibility index (Phi) is 5.58. The van der Waals surface area contributed by atoms with Gasteiger partial charge in [0.2, 0.25) is 0 Å². The molecule has 1 aromatic rings. The molecule has 1 N–H and O–H groups in total. The molecular formula is C17H24ClN3O3. The van der Waals surface area contributed by atoms with Crippen molar-refractivity contribution in [1.29, 1.82) is 0 Å². The van der Waals surface area contributed by atoms with Gasteiger partial charge in [0.15, 0.2) is 5.79 Å². The Morgan fingerprint density at radius 3 is 2.71 bits per heavy atom. The molecule has 0 radical (unpaired) electrons. The molecule has 0 bridgehead atoms. The summed E-state index contributed by atoms with van der Waals surface area (Å²) < 4.78 is 11.1. The van der Waals surface area contributed by atoms with E-state index in [0.29, 0.717) is 42.6 Å². The fourth-order valence-electron chi connectivity index (χ4n) is 3.07. The van der Waals surface area contributed by atoms with Crippen molar-refractivity contribution < 1.29 is 14.3 Å². The minimum Gasteiger partial charge on any atom is -0.369 e. The van der Waals surface area contributed by atoms with Gasteiger partial charge >= 0.3 is 0 Å². The molecule has 1 aromatic heterocycles. The van der Waals surface area contributed by atoms with Crippen LogP contribution in [0.2, 0.25) is 5.02 Å². The van der Waals surface area contributed by atoms with Gasteiger partial charge in [0.05, 0.1) is 23.8 Å². The highest BCUT2D eigenvalue weighted by Gasteiger charge is 2.30. The van der Waals surface area contributed by atoms with Crippen molar-refractivity contribution in [2.45, 2.75) is 38.4 Å². The summed E-state index contributed by atoms with van der Waals surface area (Å²) in [6.07, 6.45) is 5.61. The lowest BCUT2D eigenvalue weighted by Crippen LogP contribution is -2.35. The molecule has 3 rings (SSSR count). The lowest BCUT2D eigenvalue weighted by molar-refractivity contribution is -0.144. The normalized spacial score (nSPS) is 20.2. The van der Waals surface area contributed by atoms with Crippen LogP contribution >= 0.6 is 11.6 Å². The summed E-state index contributed by atoms with van der Waals surface area (Å²) in [6.45, 7) is 5.44. The van der Waals surface area contributed by atoms with E-state index >= 15 is 0 Å². The average molecular weight is 354 g/mol. The van der Waals surface area contributed by atoms with Crippen LogP contribution in [0.4, 0.5) is 5.82 Å². The van der Waals surface area contributed by atoms with Crippen LogP contribution in [0, 0.1) is 0 Å². The summed E-state index contributed by atoms with van der Waals surface area (Å²) >= 11 is 6.28. The summed E-state index contributed by atoms with van der Waals surface area (Å²) in [4.78, 5) is 18.7. The summed E-state index contributed by atoms with van der Waals surface area (Å²) in [5.74, 6) is 0.0493. The van der Waals surface area contributed by atoms with Crippen LogP contribution in [0.15, 0.2) is 12.3 Å². The number of nitrogens with zero attached hydrogens (tertiary/aromatic N) is 2. The standard InChI is InChI=1S/C17H24ClN3O3/c1-17(23-9-10-24-17)5-6-19-15-14(18)11-13(12-20-15)16(22)21-7-3-2-4-8-21/h11-12H,2-10H2,1H3,(H,19,20). The molecule has 3 heterocycles. The molecular weight excluding hydrogens is 330 g/mol. The number of anilines is 1. The Balaban J connectivity index is 1.56. The highest BCUT2D eigenvalue weighted by Crippen LogP contribution is 2.25. The maximum Gasteiger partial charge on any atom is 0.255 e. The predicted octanol–water partition coefficient (Wildman–Crippen LogP) is 2.93. The quantitative estimate of drug-likeness (QED) is 0.881. The van der Waals surface area contributed by atoms with E-state index < -0.39 is 5.79 Å². The monoisotopic (exact) mass is 353 g/mol. The third-order valence-corrected chi connectivity index (χ3v) is 4.79. The van der Waals surface area contributed by atoms with Crippen LogP contribution in [-0.4, -0.2) is 54.4 Å². The number of halogens is 1. The smallest absolute Gasteiger partial charge is 0.255 e. The van der Waals surface area contributed by atoms with Gasteiger partial charge in [-0.15, -0.1) is 0 Å². The zero-order valence-electron chi connectivity index (χ0n) is 14.0. The minimum absolute atomic E-state index is 0.0101. The number of aromatic nitrogens is 1. The number of likely N-dealkylation sites (tertiary alicyclic amines) is 1. The first kappa shape index (κ1) is 17.5. The number of hydrogen-bond donors (Lipinski definition) is 1. The lowest BCUT2D eigenvalue weighted by atomic mass is 10.1. The van der Waals surface area contributed by atoms with E-state index in [1.54, 1.807) is 12.3 Å². The number of pyridine rings is 1. The van der Waals surface area contributed by atoms with E-state index in [1.807, 2.05) is 11.8 Å². The molecule has 132 valence electrons. The van der Waals surface area contributed by atoms with E-state index in [9.17, 15) is 4.79 Å². The third kappa shape index (κ3) is 4.18. The molecule has 2 aliphatic rings. The Morgan fingerprint density at radius 2 is 2.04 bits per heavy atom. The Bertz CT molecular complexity index is 584. The van der Waals surface area contributed by atoms with Gasteiger partial charge in [0, 0.05) is 32.3 Å². The van der Waals surface area contributed by atoms with Gasteiger partial charge in [0.1, 0.15) is 5.82 Å². The van der Waals surface area contributed by atoms with Gasteiger partial charge in [-0.1, -0.05) is 11.6 Å². The first-order valence-corrected chi connectivity index (χ1v) is 8.92. The maximum absolute atomic E-state index is 12.5. The second kappa shape index (κ2) is 7.68. The molecule has 6 nitrogen and oxygen atoms in total. The van der Waals surface area contributed by atoms with Crippen molar-refractivity contribution in [3.63, 3.8) is 0 Å². The van der Waals surface area contributed by atoms with E-state index in [1.165, 1.54) is 6.42 Å². The topological polar surface area (TPSA) is 63.7 Å². The minimum atomic E-state index is -0.538. The zero-order valence-corrected chi connectivity index (χ0v) is 14.8. The van der Waals surface area contributed by atoms with Crippen LogP contribution in [-0.2, 0) is 9.47 Å². The molecule has 0 atom stereocenters. The fourth-order valence-corrected chi connectivity index (χ4v) is 3.31. The van der Waals surface area contributed by atoms with Crippen LogP contribution < -0.4 is 5.32 Å². The number of ether oxygens (including phenoxy) is 2. The zero-order chi connectivity index (χ0) is 17.0. The molecule has 1 amide bonds. The summed E-state index contributed by atoms with van der Waals surface area (Å²) in [5.41, 5.74) is 0.543. The number of hydrogen-bond acceptors (Lipinski definition) is 5. The first-order chi connectivity index (χ1) is 11.6. The highest BCUT2D eigenvalue weighted by molar-refractivity contribution is 6.33. The van der Waals surface area contributed by atoms with Gasteiger partial charge in [-0.3, -0.25) is 4.79 Å². The van der Waals surface area contributed by atoms with Crippen molar-refractivity contribution in [2.75, 3.05) is 38.2 Å². The van der Waals surface area contributed by atoms with Gasteiger partial charge in [0.25, 0.3) is 5.91 Å². The van der Waals surface area contributed by atoms with Crippen LogP contribution in [0.5, 0.6) is 0 Å². The van der Waals surface area contributed by atoms with Gasteiger partial charge in [-0.05, 0) is 32.3 Å². The summed E-state index contributed by atoms with van der Waals surface area (Å²) in [5, 5.41) is 3.64. The molecule has 7 heteroatoms. The molecule has 0 saturated carbocycles. The number of carbonyl (C=O) groups excluding carboxylic acids is 1. The molecule has 2 aliphatic heterocycles. The van der Waals surface area contributed by atoms with Gasteiger partial charge < -0.3 is 19.7 Å².